The third-order valence-electron chi connectivity index (χ3n) is 10.2. The molecule has 43 heavy (non-hydrogen) atoms. The Morgan fingerprint density at radius 2 is 1.60 bits per heavy atom. The van der Waals surface area contributed by atoms with Gasteiger partial charge >= 0.3 is 0 Å². The van der Waals surface area contributed by atoms with Gasteiger partial charge in [0.2, 0.25) is 11.8 Å². The molecule has 2 amide bonds. The average Bonchev–Trinajstić information content (AvgIpc) is 3.48. The molecule has 5 rings (SSSR count). The Hall–Kier alpha value is -2.61. The van der Waals surface area contributed by atoms with Gasteiger partial charge in [-0.15, -0.1) is 0 Å². The van der Waals surface area contributed by atoms with Crippen molar-refractivity contribution >= 4 is 23.4 Å². The Kier molecular flexibility index (Phi) is 10.4. The summed E-state index contributed by atoms with van der Waals surface area (Å²) >= 11 is 6.19. The first-order valence-electron chi connectivity index (χ1n) is 16.1. The third kappa shape index (κ3) is 7.38. The van der Waals surface area contributed by atoms with E-state index < -0.39 is 0 Å². The van der Waals surface area contributed by atoms with Crippen LogP contribution in [-0.2, 0) is 16.1 Å². The largest absolute Gasteiger partial charge is 0.497 e. The SMILES string of the molecule is COc1ccc(CN(CC2(N3CCN(C(=O)[C@H]4CN(C(C)C)C[C@@H]4c4ccc(Cl)cc4)CC3)CCCCC2)C(C)=O)cc1. The lowest BCUT2D eigenvalue weighted by atomic mass is 9.79. The van der Waals surface area contributed by atoms with Crippen molar-refractivity contribution in [3.05, 3.63) is 64.7 Å². The van der Waals surface area contributed by atoms with Crippen LogP contribution in [0.1, 0.15) is 69.9 Å². The number of methoxy groups -OCH3 is 1. The first-order chi connectivity index (χ1) is 20.7. The number of rotatable bonds is 9. The van der Waals surface area contributed by atoms with Crippen LogP contribution in [0.4, 0.5) is 0 Å². The van der Waals surface area contributed by atoms with Crippen molar-refractivity contribution < 1.29 is 14.3 Å². The molecule has 0 bridgehead atoms. The third-order valence-corrected chi connectivity index (χ3v) is 10.5. The van der Waals surface area contributed by atoms with E-state index in [1.807, 2.05) is 41.3 Å². The van der Waals surface area contributed by atoms with Crippen LogP contribution in [0.15, 0.2) is 48.5 Å². The number of carbonyl (C=O) groups is 2. The zero-order valence-electron chi connectivity index (χ0n) is 26.4. The Morgan fingerprint density at radius 3 is 2.19 bits per heavy atom. The maximum Gasteiger partial charge on any atom is 0.227 e. The van der Waals surface area contributed by atoms with Gasteiger partial charge in [-0.1, -0.05) is 55.1 Å². The van der Waals surface area contributed by atoms with E-state index in [0.29, 0.717) is 12.6 Å². The molecular formula is C35H49ClN4O3. The molecule has 2 aromatic rings. The first-order valence-corrected chi connectivity index (χ1v) is 16.5. The maximum absolute atomic E-state index is 14.1. The highest BCUT2D eigenvalue weighted by molar-refractivity contribution is 6.30. The maximum atomic E-state index is 14.1. The molecule has 2 aliphatic heterocycles. The highest BCUT2D eigenvalue weighted by atomic mass is 35.5. The van der Waals surface area contributed by atoms with Gasteiger partial charge in [-0.3, -0.25) is 19.4 Å². The minimum Gasteiger partial charge on any atom is -0.497 e. The normalized spacial score (nSPS) is 23.0. The summed E-state index contributed by atoms with van der Waals surface area (Å²) in [5.41, 5.74) is 2.27. The predicted molar refractivity (Wildman–Crippen MR) is 172 cm³/mol. The molecule has 1 aliphatic carbocycles. The molecule has 0 aromatic heterocycles. The standard InChI is InChI=1S/C35H49ClN4O3/c1-26(2)38-23-32(29-10-12-30(36)13-11-29)33(24-38)34(42)37-18-20-40(21-19-37)35(16-6-5-7-17-35)25-39(27(3)41)22-28-8-14-31(43-4)15-9-28/h8-15,26,32-33H,5-7,16-25H2,1-4H3/t32-,33+/m1/s1. The second-order valence-electron chi connectivity index (χ2n) is 13.1. The van der Waals surface area contributed by atoms with Gasteiger partial charge in [0, 0.05) is 81.8 Å². The minimum atomic E-state index is -0.0449. The number of likely N-dealkylation sites (tertiary alicyclic amines) is 1. The molecule has 2 heterocycles. The first kappa shape index (κ1) is 31.8. The molecule has 0 unspecified atom stereocenters. The van der Waals surface area contributed by atoms with Gasteiger partial charge in [-0.2, -0.15) is 0 Å². The number of benzene rings is 2. The summed E-state index contributed by atoms with van der Waals surface area (Å²) in [6.07, 6.45) is 5.81. The zero-order chi connectivity index (χ0) is 30.6. The van der Waals surface area contributed by atoms with Gasteiger partial charge in [0.25, 0.3) is 0 Å². The van der Waals surface area contributed by atoms with Crippen LogP contribution >= 0.6 is 11.6 Å². The molecule has 1 saturated carbocycles. The lowest BCUT2D eigenvalue weighted by molar-refractivity contribution is -0.139. The van der Waals surface area contributed by atoms with Crippen molar-refractivity contribution in [3.8, 4) is 5.75 Å². The van der Waals surface area contributed by atoms with Gasteiger partial charge in [-0.05, 0) is 62.1 Å². The molecule has 0 radical (unpaired) electrons. The number of carbonyl (C=O) groups excluding carboxylic acids is 2. The van der Waals surface area contributed by atoms with Gasteiger partial charge in [-0.25, -0.2) is 0 Å². The molecular weight excluding hydrogens is 560 g/mol. The van der Waals surface area contributed by atoms with Crippen LogP contribution in [0.5, 0.6) is 5.75 Å². The average molecular weight is 609 g/mol. The van der Waals surface area contributed by atoms with Crippen molar-refractivity contribution in [2.45, 2.75) is 76.9 Å². The van der Waals surface area contributed by atoms with Gasteiger partial charge in [0.1, 0.15) is 5.75 Å². The highest BCUT2D eigenvalue weighted by Gasteiger charge is 2.44. The number of nitrogens with zero attached hydrogens (tertiary/aromatic N) is 4. The lowest BCUT2D eigenvalue weighted by Crippen LogP contribution is -2.63. The molecule has 2 aromatic carbocycles. The summed E-state index contributed by atoms with van der Waals surface area (Å²) < 4.78 is 5.32. The molecule has 0 N–H and O–H groups in total. The number of hydrogen-bond donors (Lipinski definition) is 0. The van der Waals surface area contributed by atoms with Gasteiger partial charge in [0.05, 0.1) is 13.0 Å². The number of halogens is 1. The molecule has 2 atom stereocenters. The van der Waals surface area contributed by atoms with Crippen molar-refractivity contribution in [1.82, 2.24) is 19.6 Å². The summed E-state index contributed by atoms with van der Waals surface area (Å²) in [5.74, 6) is 1.35. The fraction of sp³-hybridized carbons (Fsp3) is 0.600. The second kappa shape index (κ2) is 14.0. The number of ether oxygens (including phenoxy) is 1. The smallest absolute Gasteiger partial charge is 0.227 e. The fourth-order valence-electron chi connectivity index (χ4n) is 7.56. The quantitative estimate of drug-likeness (QED) is 0.367. The van der Waals surface area contributed by atoms with Gasteiger partial charge < -0.3 is 14.5 Å². The predicted octanol–water partition coefficient (Wildman–Crippen LogP) is 5.67. The van der Waals surface area contributed by atoms with Crippen molar-refractivity contribution in [1.29, 1.82) is 0 Å². The second-order valence-corrected chi connectivity index (χ2v) is 13.6. The Morgan fingerprint density at radius 1 is 0.953 bits per heavy atom. The molecule has 8 heteroatoms. The monoisotopic (exact) mass is 608 g/mol. The number of amides is 2. The summed E-state index contributed by atoms with van der Waals surface area (Å²) in [4.78, 5) is 36.2. The van der Waals surface area contributed by atoms with Crippen molar-refractivity contribution in [2.75, 3.05) is 52.9 Å². The molecule has 0 spiro atoms. The van der Waals surface area contributed by atoms with Gasteiger partial charge in [0.15, 0.2) is 0 Å². The van der Waals surface area contributed by atoms with E-state index in [1.54, 1.807) is 14.0 Å². The van der Waals surface area contributed by atoms with Crippen LogP contribution in [0.3, 0.4) is 0 Å². The number of hydrogen-bond acceptors (Lipinski definition) is 5. The Balaban J connectivity index is 1.27. The topological polar surface area (TPSA) is 56.3 Å². The lowest BCUT2D eigenvalue weighted by Gasteiger charge is -2.51. The summed E-state index contributed by atoms with van der Waals surface area (Å²) in [7, 11) is 1.67. The van der Waals surface area contributed by atoms with E-state index in [-0.39, 0.29) is 29.2 Å². The summed E-state index contributed by atoms with van der Waals surface area (Å²) in [6, 6.07) is 16.5. The van der Waals surface area contributed by atoms with Crippen LogP contribution in [0.2, 0.25) is 5.02 Å². The van der Waals surface area contributed by atoms with E-state index in [9.17, 15) is 9.59 Å². The Bertz CT molecular complexity index is 1220. The minimum absolute atomic E-state index is 0.0425. The summed E-state index contributed by atoms with van der Waals surface area (Å²) in [6.45, 7) is 12.3. The summed E-state index contributed by atoms with van der Waals surface area (Å²) in [5, 5.41) is 0.727. The van der Waals surface area contributed by atoms with Crippen LogP contribution in [0.25, 0.3) is 0 Å². The van der Waals surface area contributed by atoms with Crippen LogP contribution in [0, 0.1) is 5.92 Å². The molecule has 2 saturated heterocycles. The van der Waals surface area contributed by atoms with E-state index in [1.165, 1.54) is 24.8 Å². The molecule has 3 fully saturated rings. The molecule has 3 aliphatic rings. The zero-order valence-corrected chi connectivity index (χ0v) is 27.2. The fourth-order valence-corrected chi connectivity index (χ4v) is 7.68. The van der Waals surface area contributed by atoms with Crippen molar-refractivity contribution in [3.63, 3.8) is 0 Å². The van der Waals surface area contributed by atoms with Crippen LogP contribution < -0.4 is 4.74 Å². The Labute approximate surface area is 263 Å². The van der Waals surface area contributed by atoms with E-state index in [4.69, 9.17) is 16.3 Å². The van der Waals surface area contributed by atoms with E-state index >= 15 is 0 Å². The van der Waals surface area contributed by atoms with Crippen LogP contribution in [-0.4, -0.2) is 95.9 Å². The molecule has 234 valence electrons. The van der Waals surface area contributed by atoms with Crippen molar-refractivity contribution in [2.24, 2.45) is 5.92 Å². The van der Waals surface area contributed by atoms with E-state index in [0.717, 1.165) is 75.0 Å². The molecule has 7 nitrogen and oxygen atoms in total. The number of piperazine rings is 1. The van der Waals surface area contributed by atoms with E-state index in [2.05, 4.69) is 40.7 Å². The highest BCUT2D eigenvalue weighted by Crippen LogP contribution is 2.38.